The lowest BCUT2D eigenvalue weighted by Crippen LogP contribution is -2.38. The fourth-order valence-electron chi connectivity index (χ4n) is 4.74. The average molecular weight is 491 g/mol. The Kier molecular flexibility index (Phi) is 7.88. The number of hydrogen-bond donors (Lipinski definition) is 1. The van der Waals surface area contributed by atoms with Gasteiger partial charge in [0.2, 0.25) is 0 Å². The van der Waals surface area contributed by atoms with Gasteiger partial charge in [0.05, 0.1) is 31.2 Å². The second kappa shape index (κ2) is 11.2. The molecule has 1 aliphatic heterocycles. The number of nitrogens with zero attached hydrogens (tertiary/aromatic N) is 1. The molecule has 1 aliphatic rings. The van der Waals surface area contributed by atoms with E-state index in [2.05, 4.69) is 17.1 Å². The van der Waals surface area contributed by atoms with E-state index in [-0.39, 0.29) is 23.4 Å². The molecule has 0 radical (unpaired) electrons. The summed E-state index contributed by atoms with van der Waals surface area (Å²) in [6, 6.07) is 16.8. The van der Waals surface area contributed by atoms with Gasteiger partial charge < -0.3 is 19.7 Å². The van der Waals surface area contributed by atoms with Crippen LogP contribution < -0.4 is 19.7 Å². The Morgan fingerprint density at radius 1 is 1.00 bits per heavy atom. The number of anilines is 2. The molecule has 7 heteroatoms. The minimum absolute atomic E-state index is 0.0444. The van der Waals surface area contributed by atoms with Gasteiger partial charge in [-0.05, 0) is 67.3 Å². The predicted octanol–water partition coefficient (Wildman–Crippen LogP) is 5.76. The van der Waals surface area contributed by atoms with Gasteiger partial charge in [0.25, 0.3) is 5.91 Å². The van der Waals surface area contributed by atoms with E-state index in [0.29, 0.717) is 54.2 Å². The third-order valence-corrected chi connectivity index (χ3v) is 6.71. The molecule has 1 saturated heterocycles. The number of halogens is 1. The van der Waals surface area contributed by atoms with Crippen molar-refractivity contribution in [2.45, 2.75) is 26.2 Å². The number of Topliss-reactive ketones (excluding diaryl/α,β-unsaturated/α-hetero) is 1. The number of ketones is 1. The lowest BCUT2D eigenvalue weighted by atomic mass is 9.88. The number of methoxy groups -OCH3 is 2. The molecule has 0 unspecified atom stereocenters. The molecule has 0 saturated carbocycles. The van der Waals surface area contributed by atoms with Crippen LogP contribution in [0.3, 0.4) is 0 Å². The maximum absolute atomic E-state index is 13.4. The van der Waals surface area contributed by atoms with E-state index in [1.165, 1.54) is 12.1 Å². The first-order valence-electron chi connectivity index (χ1n) is 12.1. The highest BCUT2D eigenvalue weighted by Crippen LogP contribution is 2.34. The monoisotopic (exact) mass is 490 g/mol. The summed E-state index contributed by atoms with van der Waals surface area (Å²) in [6.45, 7) is 3.37. The lowest BCUT2D eigenvalue weighted by molar-refractivity contribution is 0.0899. The fourth-order valence-corrected chi connectivity index (χ4v) is 4.74. The zero-order chi connectivity index (χ0) is 25.7. The topological polar surface area (TPSA) is 67.9 Å². The number of hydrogen-bond acceptors (Lipinski definition) is 5. The first-order chi connectivity index (χ1) is 17.4. The molecule has 1 heterocycles. The minimum atomic E-state index is -0.351. The summed E-state index contributed by atoms with van der Waals surface area (Å²) in [7, 11) is 3.12. The summed E-state index contributed by atoms with van der Waals surface area (Å²) < 4.78 is 23.9. The van der Waals surface area contributed by atoms with Gasteiger partial charge in [0.1, 0.15) is 17.3 Å². The summed E-state index contributed by atoms with van der Waals surface area (Å²) in [4.78, 5) is 28.6. The van der Waals surface area contributed by atoms with Gasteiger partial charge in [-0.2, -0.15) is 0 Å². The Balaban J connectivity index is 1.54. The molecule has 0 bridgehead atoms. The highest BCUT2D eigenvalue weighted by Gasteiger charge is 2.29. The van der Waals surface area contributed by atoms with Crippen molar-refractivity contribution in [2.24, 2.45) is 5.92 Å². The maximum Gasteiger partial charge on any atom is 0.257 e. The maximum atomic E-state index is 13.4. The second-order valence-corrected chi connectivity index (χ2v) is 8.82. The van der Waals surface area contributed by atoms with Crippen molar-refractivity contribution < 1.29 is 23.5 Å². The number of aryl methyl sites for hydroxylation is 1. The molecular weight excluding hydrogens is 459 g/mol. The van der Waals surface area contributed by atoms with Gasteiger partial charge in [0.15, 0.2) is 5.78 Å². The van der Waals surface area contributed by atoms with Crippen LogP contribution in [0.2, 0.25) is 0 Å². The predicted molar refractivity (Wildman–Crippen MR) is 139 cm³/mol. The van der Waals surface area contributed by atoms with Crippen LogP contribution in [0.5, 0.6) is 11.5 Å². The van der Waals surface area contributed by atoms with Crippen LogP contribution >= 0.6 is 0 Å². The van der Waals surface area contributed by atoms with E-state index >= 15 is 0 Å². The number of para-hydroxylation sites is 1. The van der Waals surface area contributed by atoms with E-state index in [1.54, 1.807) is 44.6 Å². The molecule has 3 aromatic carbocycles. The summed E-state index contributed by atoms with van der Waals surface area (Å²) in [6.07, 6.45) is 2.11. The highest BCUT2D eigenvalue weighted by molar-refractivity contribution is 6.09. The molecule has 4 rings (SSSR count). The van der Waals surface area contributed by atoms with E-state index in [9.17, 15) is 14.0 Å². The van der Waals surface area contributed by atoms with Crippen LogP contribution in [0.4, 0.5) is 15.8 Å². The molecule has 0 aromatic heterocycles. The summed E-state index contributed by atoms with van der Waals surface area (Å²) in [5.41, 5.74) is 3.65. The Morgan fingerprint density at radius 2 is 1.72 bits per heavy atom. The van der Waals surface area contributed by atoms with Gasteiger partial charge in [-0.3, -0.25) is 9.59 Å². The number of benzene rings is 3. The molecule has 188 valence electrons. The standard InChI is InChI=1S/C29H31FN2O4/c1-4-19-6-5-7-24(29(34)31-25-13-12-23(35-2)18-26(25)36-3)27(19)32-16-14-21(15-17-32)28(33)20-8-10-22(30)11-9-20/h5-13,18,21H,4,14-17H2,1-3H3,(H,31,34). The van der Waals surface area contributed by atoms with Gasteiger partial charge in [0, 0.05) is 30.6 Å². The molecule has 1 amide bonds. The van der Waals surface area contributed by atoms with E-state index < -0.39 is 0 Å². The van der Waals surface area contributed by atoms with Crippen molar-refractivity contribution in [3.8, 4) is 11.5 Å². The second-order valence-electron chi connectivity index (χ2n) is 8.82. The minimum Gasteiger partial charge on any atom is -0.497 e. The third kappa shape index (κ3) is 5.35. The van der Waals surface area contributed by atoms with E-state index in [0.717, 1.165) is 17.7 Å². The van der Waals surface area contributed by atoms with Crippen molar-refractivity contribution in [1.29, 1.82) is 0 Å². The van der Waals surface area contributed by atoms with Crippen LogP contribution in [0.15, 0.2) is 60.7 Å². The van der Waals surface area contributed by atoms with Crippen molar-refractivity contribution in [3.63, 3.8) is 0 Å². The van der Waals surface area contributed by atoms with E-state index in [1.807, 2.05) is 18.2 Å². The van der Waals surface area contributed by atoms with Gasteiger partial charge in [-0.25, -0.2) is 4.39 Å². The Morgan fingerprint density at radius 3 is 2.36 bits per heavy atom. The number of carbonyl (C=O) groups excluding carboxylic acids is 2. The number of nitrogens with one attached hydrogen (secondary N) is 1. The fraction of sp³-hybridized carbons (Fsp3) is 0.310. The quantitative estimate of drug-likeness (QED) is 0.407. The Hall–Kier alpha value is -3.87. The van der Waals surface area contributed by atoms with Crippen LogP contribution in [-0.4, -0.2) is 39.0 Å². The first kappa shape index (κ1) is 25.2. The van der Waals surface area contributed by atoms with Crippen LogP contribution in [-0.2, 0) is 6.42 Å². The third-order valence-electron chi connectivity index (χ3n) is 6.71. The van der Waals surface area contributed by atoms with Crippen molar-refractivity contribution in [2.75, 3.05) is 37.5 Å². The van der Waals surface area contributed by atoms with Gasteiger partial charge in [-0.1, -0.05) is 19.1 Å². The Labute approximate surface area is 211 Å². The molecule has 3 aromatic rings. The first-order valence-corrected chi connectivity index (χ1v) is 12.1. The largest absolute Gasteiger partial charge is 0.497 e. The van der Waals surface area contributed by atoms with Crippen LogP contribution in [0, 0.1) is 11.7 Å². The summed E-state index contributed by atoms with van der Waals surface area (Å²) in [5.74, 6) is 0.487. The van der Waals surface area contributed by atoms with Crippen LogP contribution in [0.25, 0.3) is 0 Å². The lowest BCUT2D eigenvalue weighted by Gasteiger charge is -2.35. The molecule has 1 fully saturated rings. The number of piperidine rings is 1. The smallest absolute Gasteiger partial charge is 0.257 e. The molecule has 0 aliphatic carbocycles. The average Bonchev–Trinajstić information content (AvgIpc) is 2.92. The SMILES string of the molecule is CCc1cccc(C(=O)Nc2ccc(OC)cc2OC)c1N1CCC(C(=O)c2ccc(F)cc2)CC1. The van der Waals surface area contributed by atoms with Gasteiger partial charge >= 0.3 is 0 Å². The summed E-state index contributed by atoms with van der Waals surface area (Å²) >= 11 is 0. The number of rotatable bonds is 8. The molecule has 0 atom stereocenters. The van der Waals surface area contributed by atoms with Gasteiger partial charge in [-0.15, -0.1) is 0 Å². The molecule has 36 heavy (non-hydrogen) atoms. The highest BCUT2D eigenvalue weighted by atomic mass is 19.1. The molecule has 0 spiro atoms. The van der Waals surface area contributed by atoms with Crippen molar-refractivity contribution in [1.82, 2.24) is 0 Å². The van der Waals surface area contributed by atoms with Crippen molar-refractivity contribution in [3.05, 3.63) is 83.2 Å². The number of amides is 1. The van der Waals surface area contributed by atoms with Crippen LogP contribution in [0.1, 0.15) is 46.0 Å². The normalized spacial score (nSPS) is 13.8. The number of carbonyl (C=O) groups is 2. The van der Waals surface area contributed by atoms with Crippen molar-refractivity contribution >= 4 is 23.1 Å². The number of ether oxygens (including phenoxy) is 2. The zero-order valence-corrected chi connectivity index (χ0v) is 20.8. The van der Waals surface area contributed by atoms with E-state index in [4.69, 9.17) is 9.47 Å². The summed E-state index contributed by atoms with van der Waals surface area (Å²) in [5, 5.41) is 2.98. The molecule has 1 N–H and O–H groups in total. The zero-order valence-electron chi connectivity index (χ0n) is 20.8. The molecule has 6 nitrogen and oxygen atoms in total. The Bertz CT molecular complexity index is 1230. The molecular formula is C29H31FN2O4.